The third-order valence-electron chi connectivity index (χ3n) is 3.73. The molecule has 1 amide bonds. The molecule has 4 heteroatoms. The Morgan fingerprint density at radius 1 is 1.19 bits per heavy atom. The van der Waals surface area contributed by atoms with Crippen molar-refractivity contribution >= 4 is 23.2 Å². The highest BCUT2D eigenvalue weighted by atomic mass is 35.5. The van der Waals surface area contributed by atoms with Crippen LogP contribution in [0.5, 0.6) is 0 Å². The van der Waals surface area contributed by atoms with E-state index < -0.39 is 0 Å². The van der Waals surface area contributed by atoms with Gasteiger partial charge in [0.15, 0.2) is 0 Å². The Morgan fingerprint density at radius 3 is 2.43 bits per heavy atom. The average Bonchev–Trinajstić information content (AvgIpc) is 2.50. The van der Waals surface area contributed by atoms with Gasteiger partial charge < -0.3 is 10.1 Å². The van der Waals surface area contributed by atoms with Crippen molar-refractivity contribution in [2.75, 3.05) is 11.9 Å². The molecule has 0 aliphatic rings. The summed E-state index contributed by atoms with van der Waals surface area (Å²) < 4.78 is 5.79. The van der Waals surface area contributed by atoms with Crippen LogP contribution < -0.4 is 5.32 Å². The molecule has 1 N–H and O–H groups in total. The van der Waals surface area contributed by atoms with Crippen LogP contribution in [0.1, 0.15) is 46.5 Å². The van der Waals surface area contributed by atoms with E-state index in [2.05, 4.69) is 19.2 Å². The largest absolute Gasteiger partial charge is 0.378 e. The van der Waals surface area contributed by atoms with Crippen LogP contribution in [0.3, 0.4) is 0 Å². The molecule has 0 aliphatic carbocycles. The molecule has 0 saturated heterocycles. The minimum atomic E-state index is -0.0457. The summed E-state index contributed by atoms with van der Waals surface area (Å²) >= 11 is 6.06. The molecule has 0 fully saturated rings. The van der Waals surface area contributed by atoms with E-state index in [1.165, 1.54) is 0 Å². The number of carbonyl (C=O) groups excluding carboxylic acids is 1. The lowest BCUT2D eigenvalue weighted by Gasteiger charge is -2.18. The molecule has 21 heavy (non-hydrogen) atoms. The number of carbonyl (C=O) groups is 1. The van der Waals surface area contributed by atoms with Crippen LogP contribution in [0.15, 0.2) is 24.3 Å². The predicted octanol–water partition coefficient (Wildman–Crippen LogP) is 4.90. The van der Waals surface area contributed by atoms with Gasteiger partial charge in [0.2, 0.25) is 5.91 Å². The maximum Gasteiger partial charge on any atom is 0.227 e. The Morgan fingerprint density at radius 2 is 1.86 bits per heavy atom. The van der Waals surface area contributed by atoms with Gasteiger partial charge in [-0.05, 0) is 37.8 Å². The molecule has 118 valence electrons. The molecule has 1 aromatic carbocycles. The van der Waals surface area contributed by atoms with Crippen molar-refractivity contribution < 1.29 is 9.53 Å². The SMILES string of the molecule is CCC(CC)OCCC(CC)C(=O)Nc1ccccc1Cl. The van der Waals surface area contributed by atoms with Gasteiger partial charge >= 0.3 is 0 Å². The van der Waals surface area contributed by atoms with Crippen LogP contribution in [-0.4, -0.2) is 18.6 Å². The second kappa shape index (κ2) is 9.80. The minimum Gasteiger partial charge on any atom is -0.378 e. The normalized spacial score (nSPS) is 12.4. The van der Waals surface area contributed by atoms with Crippen LogP contribution >= 0.6 is 11.6 Å². The van der Waals surface area contributed by atoms with E-state index in [0.29, 0.717) is 23.4 Å². The van der Waals surface area contributed by atoms with E-state index in [4.69, 9.17) is 16.3 Å². The molecule has 0 saturated carbocycles. The van der Waals surface area contributed by atoms with E-state index in [-0.39, 0.29) is 11.8 Å². The van der Waals surface area contributed by atoms with Crippen LogP contribution in [-0.2, 0) is 9.53 Å². The van der Waals surface area contributed by atoms with Crippen molar-refractivity contribution in [3.8, 4) is 0 Å². The molecule has 0 aliphatic heterocycles. The molecular weight excluding hydrogens is 286 g/mol. The lowest BCUT2D eigenvalue weighted by atomic mass is 10.0. The molecule has 1 unspecified atom stereocenters. The third kappa shape index (κ3) is 6.06. The zero-order valence-corrected chi connectivity index (χ0v) is 14.0. The Hall–Kier alpha value is -1.06. The second-order valence-corrected chi connectivity index (χ2v) is 5.58. The molecule has 1 atom stereocenters. The molecule has 0 spiro atoms. The Labute approximate surface area is 133 Å². The Balaban J connectivity index is 2.48. The fraction of sp³-hybridized carbons (Fsp3) is 0.588. The van der Waals surface area contributed by atoms with Crippen molar-refractivity contribution in [3.63, 3.8) is 0 Å². The molecule has 0 aromatic heterocycles. The molecule has 0 heterocycles. The van der Waals surface area contributed by atoms with Crippen molar-refractivity contribution in [2.24, 2.45) is 5.92 Å². The standard InChI is InChI=1S/C17H26ClNO2/c1-4-13(11-12-21-14(5-2)6-3)17(20)19-16-10-8-7-9-15(16)18/h7-10,13-14H,4-6,11-12H2,1-3H3,(H,19,20). The fourth-order valence-electron chi connectivity index (χ4n) is 2.22. The van der Waals surface area contributed by atoms with Gasteiger partial charge in [-0.15, -0.1) is 0 Å². The lowest BCUT2D eigenvalue weighted by Crippen LogP contribution is -2.24. The summed E-state index contributed by atoms with van der Waals surface area (Å²) in [6, 6.07) is 7.29. The van der Waals surface area contributed by atoms with Crippen molar-refractivity contribution in [1.82, 2.24) is 0 Å². The Bertz CT molecular complexity index is 433. The van der Waals surface area contributed by atoms with Crippen LogP contribution in [0, 0.1) is 5.92 Å². The van der Waals surface area contributed by atoms with Crippen molar-refractivity contribution in [2.45, 2.75) is 52.6 Å². The number of hydrogen-bond donors (Lipinski definition) is 1. The summed E-state index contributed by atoms with van der Waals surface area (Å²) in [6.45, 7) is 6.89. The number of ether oxygens (including phenoxy) is 1. The smallest absolute Gasteiger partial charge is 0.227 e. The first-order valence-corrected chi connectivity index (χ1v) is 8.17. The van der Waals surface area contributed by atoms with Gasteiger partial charge in [0.1, 0.15) is 0 Å². The van der Waals surface area contributed by atoms with Gasteiger partial charge in [0.05, 0.1) is 16.8 Å². The zero-order chi connectivity index (χ0) is 15.7. The first kappa shape index (κ1) is 18.0. The first-order chi connectivity index (χ1) is 10.1. The van der Waals surface area contributed by atoms with Gasteiger partial charge in [0.25, 0.3) is 0 Å². The highest BCUT2D eigenvalue weighted by Gasteiger charge is 2.18. The first-order valence-electron chi connectivity index (χ1n) is 7.79. The maximum absolute atomic E-state index is 12.3. The molecule has 3 nitrogen and oxygen atoms in total. The number of nitrogens with one attached hydrogen (secondary N) is 1. The van der Waals surface area contributed by atoms with Crippen molar-refractivity contribution in [3.05, 3.63) is 29.3 Å². The summed E-state index contributed by atoms with van der Waals surface area (Å²) in [5, 5.41) is 3.46. The minimum absolute atomic E-state index is 0.0127. The van der Waals surface area contributed by atoms with Gasteiger partial charge in [-0.2, -0.15) is 0 Å². The highest BCUT2D eigenvalue weighted by molar-refractivity contribution is 6.33. The second-order valence-electron chi connectivity index (χ2n) is 5.17. The number of amides is 1. The monoisotopic (exact) mass is 311 g/mol. The molecule has 0 radical (unpaired) electrons. The number of halogens is 1. The van der Waals surface area contributed by atoms with E-state index in [1.807, 2.05) is 25.1 Å². The number of anilines is 1. The quantitative estimate of drug-likeness (QED) is 0.704. The highest BCUT2D eigenvalue weighted by Crippen LogP contribution is 2.22. The van der Waals surface area contributed by atoms with Gasteiger partial charge in [-0.3, -0.25) is 4.79 Å². The topological polar surface area (TPSA) is 38.3 Å². The summed E-state index contributed by atoms with van der Waals surface area (Å²) in [4.78, 5) is 12.3. The van der Waals surface area contributed by atoms with Crippen LogP contribution in [0.2, 0.25) is 5.02 Å². The fourth-order valence-corrected chi connectivity index (χ4v) is 2.40. The van der Waals surface area contributed by atoms with Crippen molar-refractivity contribution in [1.29, 1.82) is 0 Å². The third-order valence-corrected chi connectivity index (χ3v) is 4.06. The van der Waals surface area contributed by atoms with Crippen LogP contribution in [0.25, 0.3) is 0 Å². The maximum atomic E-state index is 12.3. The summed E-state index contributed by atoms with van der Waals surface area (Å²) in [7, 11) is 0. The van der Waals surface area contributed by atoms with Gasteiger partial charge in [-0.25, -0.2) is 0 Å². The number of para-hydroxylation sites is 1. The molecular formula is C17H26ClNO2. The number of benzene rings is 1. The van der Waals surface area contributed by atoms with Gasteiger partial charge in [0, 0.05) is 12.5 Å². The van der Waals surface area contributed by atoms with E-state index in [1.54, 1.807) is 6.07 Å². The van der Waals surface area contributed by atoms with E-state index in [9.17, 15) is 4.79 Å². The van der Waals surface area contributed by atoms with E-state index in [0.717, 1.165) is 25.7 Å². The average molecular weight is 312 g/mol. The zero-order valence-electron chi connectivity index (χ0n) is 13.2. The summed E-state index contributed by atoms with van der Waals surface area (Å²) in [5.74, 6) is -0.0330. The number of hydrogen-bond acceptors (Lipinski definition) is 2. The van der Waals surface area contributed by atoms with Crippen LogP contribution in [0.4, 0.5) is 5.69 Å². The Kier molecular flexibility index (Phi) is 8.40. The number of rotatable bonds is 9. The summed E-state index contributed by atoms with van der Waals surface area (Å²) in [6.07, 6.45) is 3.86. The summed E-state index contributed by atoms with van der Waals surface area (Å²) in [5.41, 5.74) is 0.670. The van der Waals surface area contributed by atoms with E-state index >= 15 is 0 Å². The molecule has 1 rings (SSSR count). The van der Waals surface area contributed by atoms with Gasteiger partial charge in [-0.1, -0.05) is 44.5 Å². The predicted molar refractivity (Wildman–Crippen MR) is 88.8 cm³/mol. The molecule has 1 aromatic rings. The lowest BCUT2D eigenvalue weighted by molar-refractivity contribution is -0.120. The molecule has 0 bridgehead atoms.